The number of carbonyl (C=O) groups is 1. The summed E-state index contributed by atoms with van der Waals surface area (Å²) in [5, 5.41) is 3.10. The Bertz CT molecular complexity index is 540. The smallest absolute Gasteiger partial charge is 0.226 e. The van der Waals surface area contributed by atoms with E-state index >= 15 is 0 Å². The van der Waals surface area contributed by atoms with Gasteiger partial charge in [-0.1, -0.05) is 37.5 Å². The van der Waals surface area contributed by atoms with Gasteiger partial charge in [-0.3, -0.25) is 4.79 Å². The summed E-state index contributed by atoms with van der Waals surface area (Å²) in [5.41, 5.74) is 1.14. The van der Waals surface area contributed by atoms with Gasteiger partial charge < -0.3 is 15.0 Å². The topological polar surface area (TPSA) is 41.6 Å². The van der Waals surface area contributed by atoms with Crippen molar-refractivity contribution in [1.29, 1.82) is 0 Å². The Kier molecular flexibility index (Phi) is 6.13. The molecule has 1 aromatic rings. The molecular weight excluding hydrogens is 300 g/mol. The lowest BCUT2D eigenvalue weighted by Crippen LogP contribution is -2.39. The van der Waals surface area contributed by atoms with Crippen LogP contribution in [-0.2, 0) is 11.2 Å². The molecule has 1 fully saturated rings. The third-order valence-corrected chi connectivity index (χ3v) is 5.43. The van der Waals surface area contributed by atoms with E-state index < -0.39 is 0 Å². The number of nitrogens with zero attached hydrogens (tertiary/aromatic N) is 1. The van der Waals surface area contributed by atoms with Crippen LogP contribution in [0.1, 0.15) is 44.1 Å². The maximum atomic E-state index is 12.3. The molecule has 1 aliphatic carbocycles. The van der Waals surface area contributed by atoms with Gasteiger partial charge in [0.2, 0.25) is 5.91 Å². The maximum Gasteiger partial charge on any atom is 0.226 e. The quantitative estimate of drug-likeness (QED) is 0.815. The summed E-state index contributed by atoms with van der Waals surface area (Å²) >= 11 is 0. The number of ether oxygens (including phenoxy) is 1. The summed E-state index contributed by atoms with van der Waals surface area (Å²) in [4.78, 5) is 14.8. The fraction of sp³-hybridized carbons (Fsp3) is 0.650. The van der Waals surface area contributed by atoms with Crippen LogP contribution in [0, 0.1) is 5.92 Å². The van der Waals surface area contributed by atoms with Crippen molar-refractivity contribution in [1.82, 2.24) is 10.2 Å². The Morgan fingerprint density at radius 1 is 1.25 bits per heavy atom. The Morgan fingerprint density at radius 2 is 2.04 bits per heavy atom. The molecule has 24 heavy (non-hydrogen) atoms. The molecule has 1 saturated carbocycles. The van der Waals surface area contributed by atoms with Crippen LogP contribution in [0.3, 0.4) is 0 Å². The molecule has 1 N–H and O–H groups in total. The zero-order valence-corrected chi connectivity index (χ0v) is 14.8. The summed E-state index contributed by atoms with van der Waals surface area (Å²) < 4.78 is 5.71. The van der Waals surface area contributed by atoms with E-state index in [1.165, 1.54) is 32.1 Å². The van der Waals surface area contributed by atoms with Gasteiger partial charge in [-0.05, 0) is 50.9 Å². The Hall–Kier alpha value is -1.55. The average molecular weight is 330 g/mol. The van der Waals surface area contributed by atoms with E-state index in [0.29, 0.717) is 6.61 Å². The summed E-state index contributed by atoms with van der Waals surface area (Å²) in [6, 6.07) is 8.75. The number of rotatable bonds is 6. The zero-order chi connectivity index (χ0) is 16.8. The molecule has 3 rings (SSSR count). The SMILES string of the molecule is CN(CCCNC(=O)[C@H]1COc2ccccc2C1)C1CCCCC1. The summed E-state index contributed by atoms with van der Waals surface area (Å²) in [6.07, 6.45) is 8.60. The van der Waals surface area contributed by atoms with E-state index in [-0.39, 0.29) is 11.8 Å². The van der Waals surface area contributed by atoms with E-state index in [9.17, 15) is 4.79 Å². The monoisotopic (exact) mass is 330 g/mol. The van der Waals surface area contributed by atoms with Crippen LogP contribution in [0.2, 0.25) is 0 Å². The van der Waals surface area contributed by atoms with Crippen LogP contribution in [0.15, 0.2) is 24.3 Å². The van der Waals surface area contributed by atoms with E-state index in [2.05, 4.69) is 17.3 Å². The van der Waals surface area contributed by atoms with Crippen LogP contribution < -0.4 is 10.1 Å². The molecule has 4 heteroatoms. The van der Waals surface area contributed by atoms with Gasteiger partial charge >= 0.3 is 0 Å². The standard InChI is InChI=1S/C20H30N2O2/c1-22(18-9-3-2-4-10-18)13-7-12-21-20(23)17-14-16-8-5-6-11-19(16)24-15-17/h5-6,8,11,17-18H,2-4,7,9-10,12-15H2,1H3,(H,21,23)/t17-/m1/s1. The highest BCUT2D eigenvalue weighted by Crippen LogP contribution is 2.26. The predicted molar refractivity (Wildman–Crippen MR) is 96.3 cm³/mol. The molecule has 1 atom stereocenters. The third-order valence-electron chi connectivity index (χ3n) is 5.43. The molecule has 0 saturated heterocycles. The van der Waals surface area contributed by atoms with Crippen LogP contribution in [0.4, 0.5) is 0 Å². The van der Waals surface area contributed by atoms with E-state index in [1.807, 2.05) is 24.3 Å². The Morgan fingerprint density at radius 3 is 2.88 bits per heavy atom. The predicted octanol–water partition coefficient (Wildman–Crippen LogP) is 3.01. The third kappa shape index (κ3) is 4.50. The number of fused-ring (bicyclic) bond motifs is 1. The number of nitrogens with one attached hydrogen (secondary N) is 1. The lowest BCUT2D eigenvalue weighted by atomic mass is 9.94. The van der Waals surface area contributed by atoms with Gasteiger partial charge in [-0.15, -0.1) is 0 Å². The molecule has 132 valence electrons. The van der Waals surface area contributed by atoms with Crippen molar-refractivity contribution in [2.75, 3.05) is 26.7 Å². The maximum absolute atomic E-state index is 12.3. The van der Waals surface area contributed by atoms with Crippen molar-refractivity contribution in [3.63, 3.8) is 0 Å². The number of benzene rings is 1. The zero-order valence-electron chi connectivity index (χ0n) is 14.8. The number of amides is 1. The number of hydrogen-bond acceptors (Lipinski definition) is 3. The van der Waals surface area contributed by atoms with E-state index in [4.69, 9.17) is 4.74 Å². The van der Waals surface area contributed by atoms with Crippen molar-refractivity contribution < 1.29 is 9.53 Å². The molecule has 0 bridgehead atoms. The number of carbonyl (C=O) groups excluding carboxylic acids is 1. The van der Waals surface area contributed by atoms with Gasteiger partial charge in [-0.2, -0.15) is 0 Å². The van der Waals surface area contributed by atoms with Crippen LogP contribution in [0.25, 0.3) is 0 Å². The van der Waals surface area contributed by atoms with Gasteiger partial charge in [-0.25, -0.2) is 0 Å². The highest BCUT2D eigenvalue weighted by atomic mass is 16.5. The molecule has 4 nitrogen and oxygen atoms in total. The Labute approximate surface area is 145 Å². The molecule has 1 amide bonds. The van der Waals surface area contributed by atoms with Gasteiger partial charge in [0, 0.05) is 12.6 Å². The van der Waals surface area contributed by atoms with E-state index in [0.717, 1.165) is 43.3 Å². The fourth-order valence-electron chi connectivity index (χ4n) is 3.89. The van der Waals surface area contributed by atoms with Crippen molar-refractivity contribution in [3.8, 4) is 5.75 Å². The summed E-state index contributed by atoms with van der Waals surface area (Å²) in [7, 11) is 2.23. The molecule has 0 aromatic heterocycles. The second-order valence-corrected chi connectivity index (χ2v) is 7.24. The van der Waals surface area contributed by atoms with Crippen LogP contribution in [-0.4, -0.2) is 43.6 Å². The summed E-state index contributed by atoms with van der Waals surface area (Å²) in [5.74, 6) is 0.997. The number of para-hydroxylation sites is 1. The van der Waals surface area contributed by atoms with Gasteiger partial charge in [0.15, 0.2) is 0 Å². The average Bonchev–Trinajstić information content (AvgIpc) is 2.65. The largest absolute Gasteiger partial charge is 0.492 e. The van der Waals surface area contributed by atoms with Crippen molar-refractivity contribution >= 4 is 5.91 Å². The minimum atomic E-state index is -0.0593. The second kappa shape index (κ2) is 8.52. The molecular formula is C20H30N2O2. The van der Waals surface area contributed by atoms with Crippen molar-refractivity contribution in [2.45, 2.75) is 51.0 Å². The highest BCUT2D eigenvalue weighted by Gasteiger charge is 2.25. The molecule has 1 aromatic carbocycles. The highest BCUT2D eigenvalue weighted by molar-refractivity contribution is 5.79. The lowest BCUT2D eigenvalue weighted by molar-refractivity contribution is -0.126. The van der Waals surface area contributed by atoms with E-state index in [1.54, 1.807) is 0 Å². The first kappa shape index (κ1) is 17.3. The minimum absolute atomic E-state index is 0.0593. The van der Waals surface area contributed by atoms with Crippen LogP contribution >= 0.6 is 0 Å². The molecule has 0 spiro atoms. The first-order valence-electron chi connectivity index (χ1n) is 9.42. The molecule has 0 unspecified atom stereocenters. The minimum Gasteiger partial charge on any atom is -0.492 e. The first-order chi connectivity index (χ1) is 11.7. The number of hydrogen-bond donors (Lipinski definition) is 1. The van der Waals surface area contributed by atoms with Gasteiger partial charge in [0.05, 0.1) is 5.92 Å². The van der Waals surface area contributed by atoms with Crippen LogP contribution in [0.5, 0.6) is 5.75 Å². The Balaban J connectivity index is 1.36. The first-order valence-corrected chi connectivity index (χ1v) is 9.42. The lowest BCUT2D eigenvalue weighted by Gasteiger charge is -2.31. The second-order valence-electron chi connectivity index (χ2n) is 7.24. The van der Waals surface area contributed by atoms with Gasteiger partial charge in [0.25, 0.3) is 0 Å². The normalized spacial score (nSPS) is 21.2. The van der Waals surface area contributed by atoms with Gasteiger partial charge in [0.1, 0.15) is 12.4 Å². The molecule has 2 aliphatic rings. The van der Waals surface area contributed by atoms with Crippen molar-refractivity contribution in [2.24, 2.45) is 5.92 Å². The molecule has 1 heterocycles. The summed E-state index contributed by atoms with van der Waals surface area (Å²) in [6.45, 7) is 2.31. The fourth-order valence-corrected chi connectivity index (χ4v) is 3.89. The van der Waals surface area contributed by atoms with Crippen molar-refractivity contribution in [3.05, 3.63) is 29.8 Å². The molecule has 1 aliphatic heterocycles. The molecule has 0 radical (unpaired) electrons.